The number of carbonyl (C=O) groups excluding carboxylic acids is 1. The van der Waals surface area contributed by atoms with Crippen LogP contribution in [0, 0.1) is 0 Å². The van der Waals surface area contributed by atoms with Gasteiger partial charge in [-0.05, 0) is 26.0 Å². The van der Waals surface area contributed by atoms with E-state index in [1.54, 1.807) is 18.3 Å². The zero-order valence-electron chi connectivity index (χ0n) is 11.8. The van der Waals surface area contributed by atoms with Gasteiger partial charge in [-0.15, -0.1) is 11.3 Å². The largest absolute Gasteiger partial charge is 0.489 e. The van der Waals surface area contributed by atoms with E-state index < -0.39 is 5.97 Å². The number of nitrogens with zero attached hydrogens (tertiary/aromatic N) is 1. The van der Waals surface area contributed by atoms with E-state index in [1.165, 1.54) is 11.3 Å². The molecule has 6 nitrogen and oxygen atoms in total. The van der Waals surface area contributed by atoms with Crippen LogP contribution in [-0.2, 0) is 4.79 Å². The predicted octanol–water partition coefficient (Wildman–Crippen LogP) is 2.29. The third-order valence-electron chi connectivity index (χ3n) is 2.59. The normalized spacial score (nSPS) is 10.8. The van der Waals surface area contributed by atoms with Crippen LogP contribution in [0.5, 0.6) is 5.75 Å². The number of carbonyl (C=O) groups is 2. The number of pyridine rings is 1. The van der Waals surface area contributed by atoms with E-state index in [2.05, 4.69) is 10.3 Å². The summed E-state index contributed by atoms with van der Waals surface area (Å²) in [6.07, 6.45) is 1.57. The van der Waals surface area contributed by atoms with Gasteiger partial charge in [-0.1, -0.05) is 0 Å². The van der Waals surface area contributed by atoms with Gasteiger partial charge >= 0.3 is 5.97 Å². The van der Waals surface area contributed by atoms with Gasteiger partial charge in [-0.2, -0.15) is 0 Å². The quantitative estimate of drug-likeness (QED) is 0.854. The number of aromatic nitrogens is 1. The van der Waals surface area contributed by atoms with Crippen molar-refractivity contribution in [2.24, 2.45) is 0 Å². The van der Waals surface area contributed by atoms with Gasteiger partial charge in [0.05, 0.1) is 27.6 Å². The average Bonchev–Trinajstić information content (AvgIpc) is 2.82. The summed E-state index contributed by atoms with van der Waals surface area (Å²) in [5.74, 6) is -0.541. The number of hydrogen-bond acceptors (Lipinski definition) is 5. The van der Waals surface area contributed by atoms with Gasteiger partial charge in [-0.25, -0.2) is 0 Å². The summed E-state index contributed by atoms with van der Waals surface area (Å²) in [5, 5.41) is 11.1. The van der Waals surface area contributed by atoms with E-state index >= 15 is 0 Å². The molecular formula is C14H16N2O4S. The highest BCUT2D eigenvalue weighted by molar-refractivity contribution is 7.21. The number of aliphatic carboxylic acids is 1. The number of carboxylic acids is 1. The van der Waals surface area contributed by atoms with Crippen LogP contribution < -0.4 is 10.1 Å². The summed E-state index contributed by atoms with van der Waals surface area (Å²) in [6, 6.07) is 3.45. The maximum Gasteiger partial charge on any atom is 0.305 e. The van der Waals surface area contributed by atoms with Crippen molar-refractivity contribution >= 4 is 33.4 Å². The van der Waals surface area contributed by atoms with E-state index in [0.29, 0.717) is 16.1 Å². The Labute approximate surface area is 125 Å². The van der Waals surface area contributed by atoms with Crippen LogP contribution in [0.4, 0.5) is 0 Å². The minimum absolute atomic E-state index is 0.0329. The minimum atomic E-state index is -0.944. The highest BCUT2D eigenvalue weighted by Gasteiger charge is 2.14. The van der Waals surface area contributed by atoms with Crippen LogP contribution >= 0.6 is 11.3 Å². The molecule has 0 aliphatic carbocycles. The van der Waals surface area contributed by atoms with Crippen molar-refractivity contribution in [3.8, 4) is 5.75 Å². The van der Waals surface area contributed by atoms with E-state index in [1.807, 2.05) is 13.8 Å². The van der Waals surface area contributed by atoms with Crippen LogP contribution in [0.2, 0.25) is 0 Å². The van der Waals surface area contributed by atoms with Gasteiger partial charge < -0.3 is 15.2 Å². The lowest BCUT2D eigenvalue weighted by molar-refractivity contribution is -0.136. The average molecular weight is 308 g/mol. The van der Waals surface area contributed by atoms with E-state index in [0.717, 1.165) is 4.70 Å². The molecule has 21 heavy (non-hydrogen) atoms. The first-order valence-corrected chi connectivity index (χ1v) is 7.34. The first-order valence-electron chi connectivity index (χ1n) is 6.52. The maximum atomic E-state index is 12.0. The molecule has 0 aliphatic rings. The molecular weight excluding hydrogens is 292 g/mol. The van der Waals surface area contributed by atoms with Crippen molar-refractivity contribution in [2.75, 3.05) is 6.54 Å². The summed E-state index contributed by atoms with van der Waals surface area (Å²) in [5.41, 5.74) is 0.696. The zero-order valence-corrected chi connectivity index (χ0v) is 12.6. The second-order valence-corrected chi connectivity index (χ2v) is 5.75. The number of carboxylic acid groups (broad SMARTS) is 1. The molecule has 0 saturated carbocycles. The van der Waals surface area contributed by atoms with Gasteiger partial charge in [0.1, 0.15) is 5.75 Å². The Hall–Kier alpha value is -2.15. The summed E-state index contributed by atoms with van der Waals surface area (Å²) in [6.45, 7) is 3.96. The lowest BCUT2D eigenvalue weighted by Crippen LogP contribution is -2.25. The minimum Gasteiger partial charge on any atom is -0.489 e. The molecule has 0 atom stereocenters. The second kappa shape index (κ2) is 6.53. The molecule has 7 heteroatoms. The number of ether oxygens (including phenoxy) is 1. The standard InChI is InChI=1S/C14H16N2O4S/c1-8(2)20-10-3-5-15-9-7-11(21-13(9)10)14(19)16-6-4-12(17)18/h3,5,7-8H,4,6H2,1-2H3,(H,16,19)(H,17,18). The summed E-state index contributed by atoms with van der Waals surface area (Å²) in [4.78, 5) is 27.1. The van der Waals surface area contributed by atoms with Crippen LogP contribution in [0.25, 0.3) is 10.2 Å². The third kappa shape index (κ3) is 3.91. The number of hydrogen-bond donors (Lipinski definition) is 2. The molecule has 0 fully saturated rings. The second-order valence-electron chi connectivity index (χ2n) is 4.70. The SMILES string of the molecule is CC(C)Oc1ccnc2cc(C(=O)NCCC(=O)O)sc12. The summed E-state index contributed by atoms with van der Waals surface area (Å²) >= 11 is 1.29. The molecule has 112 valence electrons. The third-order valence-corrected chi connectivity index (χ3v) is 3.72. The highest BCUT2D eigenvalue weighted by atomic mass is 32.1. The molecule has 2 aromatic heterocycles. The van der Waals surface area contributed by atoms with Crippen LogP contribution in [-0.4, -0.2) is 34.6 Å². The van der Waals surface area contributed by atoms with Crippen molar-refractivity contribution in [3.05, 3.63) is 23.2 Å². The van der Waals surface area contributed by atoms with E-state index in [4.69, 9.17) is 9.84 Å². The molecule has 2 rings (SSSR count). The molecule has 2 N–H and O–H groups in total. The molecule has 0 saturated heterocycles. The summed E-state index contributed by atoms with van der Waals surface area (Å²) in [7, 11) is 0. The fraction of sp³-hybridized carbons (Fsp3) is 0.357. The Morgan fingerprint density at radius 3 is 2.90 bits per heavy atom. The molecule has 1 amide bonds. The van der Waals surface area contributed by atoms with Crippen molar-refractivity contribution in [3.63, 3.8) is 0 Å². The summed E-state index contributed by atoms with van der Waals surface area (Å²) < 4.78 is 6.51. The first kappa shape index (κ1) is 15.2. The number of thiophene rings is 1. The van der Waals surface area contributed by atoms with Crippen molar-refractivity contribution in [1.82, 2.24) is 10.3 Å². The number of amides is 1. The predicted molar refractivity (Wildman–Crippen MR) is 80.0 cm³/mol. The molecule has 0 aromatic carbocycles. The molecule has 2 aromatic rings. The van der Waals surface area contributed by atoms with Crippen LogP contribution in [0.15, 0.2) is 18.3 Å². The van der Waals surface area contributed by atoms with Crippen molar-refractivity contribution in [2.45, 2.75) is 26.4 Å². The van der Waals surface area contributed by atoms with E-state index in [9.17, 15) is 9.59 Å². The fourth-order valence-corrected chi connectivity index (χ4v) is 2.73. The Kier molecular flexibility index (Phi) is 4.74. The van der Waals surface area contributed by atoms with Gasteiger partial charge in [0.2, 0.25) is 0 Å². The fourth-order valence-electron chi connectivity index (χ4n) is 1.74. The molecule has 0 radical (unpaired) electrons. The highest BCUT2D eigenvalue weighted by Crippen LogP contribution is 2.32. The molecule has 0 spiro atoms. The lowest BCUT2D eigenvalue weighted by Gasteiger charge is -2.09. The monoisotopic (exact) mass is 308 g/mol. The van der Waals surface area contributed by atoms with Gasteiger partial charge in [0, 0.05) is 12.7 Å². The zero-order chi connectivity index (χ0) is 15.4. The molecule has 0 aliphatic heterocycles. The number of rotatable bonds is 6. The Morgan fingerprint density at radius 1 is 1.48 bits per heavy atom. The maximum absolute atomic E-state index is 12.0. The topological polar surface area (TPSA) is 88.5 Å². The van der Waals surface area contributed by atoms with Crippen LogP contribution in [0.1, 0.15) is 29.9 Å². The molecule has 2 heterocycles. The van der Waals surface area contributed by atoms with Crippen LogP contribution in [0.3, 0.4) is 0 Å². The van der Waals surface area contributed by atoms with Crippen molar-refractivity contribution < 1.29 is 19.4 Å². The number of nitrogens with one attached hydrogen (secondary N) is 1. The lowest BCUT2D eigenvalue weighted by atomic mass is 10.3. The first-order chi connectivity index (χ1) is 9.97. The Bertz CT molecular complexity index is 666. The number of fused-ring (bicyclic) bond motifs is 1. The molecule has 0 unspecified atom stereocenters. The van der Waals surface area contributed by atoms with Gasteiger partial charge in [0.25, 0.3) is 5.91 Å². The molecule has 0 bridgehead atoms. The Morgan fingerprint density at radius 2 is 2.24 bits per heavy atom. The van der Waals surface area contributed by atoms with Gasteiger partial charge in [0.15, 0.2) is 0 Å². The Balaban J connectivity index is 2.18. The van der Waals surface area contributed by atoms with Crippen molar-refractivity contribution in [1.29, 1.82) is 0 Å². The smallest absolute Gasteiger partial charge is 0.305 e. The van der Waals surface area contributed by atoms with Gasteiger partial charge in [-0.3, -0.25) is 14.6 Å². The van der Waals surface area contributed by atoms with E-state index in [-0.39, 0.29) is 25.0 Å².